The molecule has 0 saturated heterocycles. The van der Waals surface area contributed by atoms with Crippen LogP contribution in [0.15, 0.2) is 54.4 Å². The van der Waals surface area contributed by atoms with Crippen LogP contribution in [0.3, 0.4) is 0 Å². The third kappa shape index (κ3) is 3.89. The highest BCUT2D eigenvalue weighted by Crippen LogP contribution is 2.44. The Labute approximate surface area is 182 Å². The molecule has 0 radical (unpaired) electrons. The average Bonchev–Trinajstić information content (AvgIpc) is 3.20. The van der Waals surface area contributed by atoms with E-state index in [9.17, 15) is 13.2 Å². The molecule has 1 saturated carbocycles. The molecule has 1 N–H and O–H groups in total. The molecule has 2 aliphatic carbocycles. The summed E-state index contributed by atoms with van der Waals surface area (Å²) in [5.41, 5.74) is 3.31. The molecule has 0 bridgehead atoms. The first-order valence-corrected chi connectivity index (χ1v) is 10.6. The van der Waals surface area contributed by atoms with E-state index in [2.05, 4.69) is 15.0 Å². The third-order valence-electron chi connectivity index (χ3n) is 6.19. The van der Waals surface area contributed by atoms with Crippen LogP contribution in [0.5, 0.6) is 5.75 Å². The molecule has 2 heterocycles. The molecule has 1 fully saturated rings. The first-order chi connectivity index (χ1) is 15.4. The van der Waals surface area contributed by atoms with Crippen LogP contribution in [0.2, 0.25) is 0 Å². The van der Waals surface area contributed by atoms with Crippen LogP contribution in [0.1, 0.15) is 37.2 Å². The van der Waals surface area contributed by atoms with Crippen molar-refractivity contribution in [1.82, 2.24) is 15.0 Å². The van der Waals surface area contributed by atoms with Gasteiger partial charge in [0.05, 0.1) is 17.8 Å². The predicted molar refractivity (Wildman–Crippen MR) is 113 cm³/mol. The number of aromatic amines is 1. The third-order valence-corrected chi connectivity index (χ3v) is 6.19. The number of rotatable bonds is 5. The number of aromatic nitrogens is 3. The Morgan fingerprint density at radius 3 is 2.69 bits per heavy atom. The van der Waals surface area contributed by atoms with E-state index < -0.39 is 17.9 Å². The second kappa shape index (κ2) is 8.07. The maximum absolute atomic E-state index is 15.7. The van der Waals surface area contributed by atoms with E-state index >= 15 is 4.39 Å². The van der Waals surface area contributed by atoms with Gasteiger partial charge in [-0.15, -0.1) is 0 Å². The maximum Gasteiger partial charge on any atom is 0.395 e. The summed E-state index contributed by atoms with van der Waals surface area (Å²) in [6.07, 6.45) is 5.88. The zero-order valence-corrected chi connectivity index (χ0v) is 17.1. The average molecular weight is 443 g/mol. The fourth-order valence-corrected chi connectivity index (χ4v) is 4.09. The Bertz CT molecular complexity index is 1210. The second-order valence-electron chi connectivity index (χ2n) is 8.25. The number of alkyl halides is 3. The smallest absolute Gasteiger partial charge is 0.395 e. The van der Waals surface area contributed by atoms with Crippen molar-refractivity contribution in [3.8, 4) is 17.0 Å². The summed E-state index contributed by atoms with van der Waals surface area (Å²) < 4.78 is 60.1. The van der Waals surface area contributed by atoms with Crippen molar-refractivity contribution in [2.24, 2.45) is 5.92 Å². The van der Waals surface area contributed by atoms with Gasteiger partial charge in [0.25, 0.3) is 0 Å². The van der Waals surface area contributed by atoms with Gasteiger partial charge < -0.3 is 9.72 Å². The van der Waals surface area contributed by atoms with Gasteiger partial charge in [-0.05, 0) is 42.9 Å². The second-order valence-corrected chi connectivity index (χ2v) is 8.25. The standard InChI is InChI=1S/C24H21F4N3O/c25-21-18(20-12-30-23-19(31-20)10-11-29-23)9-8-17(15-2-1-3-15)22(21)32-13-14-4-6-16(7-5-14)24(26,27)28/h4-6,8-12,15-16H,1-3,7,13H2,(H,29,30). The molecule has 0 spiro atoms. The summed E-state index contributed by atoms with van der Waals surface area (Å²) >= 11 is 0. The van der Waals surface area contributed by atoms with Crippen molar-refractivity contribution in [2.75, 3.05) is 6.61 Å². The highest BCUT2D eigenvalue weighted by Gasteiger charge is 2.37. The number of fused-ring (bicyclic) bond motifs is 1. The molecular formula is C24H21F4N3O. The van der Waals surface area contributed by atoms with Gasteiger partial charge in [-0.25, -0.2) is 14.4 Å². The Kier molecular flexibility index (Phi) is 5.23. The van der Waals surface area contributed by atoms with Crippen molar-refractivity contribution < 1.29 is 22.3 Å². The highest BCUT2D eigenvalue weighted by molar-refractivity contribution is 5.75. The van der Waals surface area contributed by atoms with E-state index in [1.54, 1.807) is 18.3 Å². The van der Waals surface area contributed by atoms with Gasteiger partial charge in [0.2, 0.25) is 0 Å². The van der Waals surface area contributed by atoms with Gasteiger partial charge in [0, 0.05) is 17.3 Å². The number of nitrogens with zero attached hydrogens (tertiary/aromatic N) is 2. The van der Waals surface area contributed by atoms with Crippen molar-refractivity contribution >= 4 is 11.2 Å². The molecule has 0 amide bonds. The summed E-state index contributed by atoms with van der Waals surface area (Å²) in [7, 11) is 0. The van der Waals surface area contributed by atoms with Crippen molar-refractivity contribution in [2.45, 2.75) is 37.8 Å². The van der Waals surface area contributed by atoms with Crippen molar-refractivity contribution in [1.29, 1.82) is 0 Å². The first-order valence-electron chi connectivity index (χ1n) is 10.6. The topological polar surface area (TPSA) is 50.8 Å². The van der Waals surface area contributed by atoms with Crippen molar-refractivity contribution in [3.63, 3.8) is 0 Å². The minimum absolute atomic E-state index is 0.00367. The number of ether oxygens (including phenoxy) is 1. The molecule has 4 nitrogen and oxygen atoms in total. The molecule has 2 aromatic heterocycles. The maximum atomic E-state index is 15.7. The summed E-state index contributed by atoms with van der Waals surface area (Å²) in [5, 5.41) is 0. The minimum Gasteiger partial charge on any atom is -0.486 e. The van der Waals surface area contributed by atoms with Crippen LogP contribution in [0.4, 0.5) is 17.6 Å². The van der Waals surface area contributed by atoms with Gasteiger partial charge in [0.1, 0.15) is 12.1 Å². The Morgan fingerprint density at radius 1 is 1.16 bits per heavy atom. The van der Waals surface area contributed by atoms with Crippen LogP contribution in [0.25, 0.3) is 22.4 Å². The quantitative estimate of drug-likeness (QED) is 0.460. The number of nitrogens with one attached hydrogen (secondary N) is 1. The molecule has 1 atom stereocenters. The predicted octanol–water partition coefficient (Wildman–Crippen LogP) is 6.48. The molecule has 166 valence electrons. The van der Waals surface area contributed by atoms with Gasteiger partial charge in [0.15, 0.2) is 17.2 Å². The molecule has 32 heavy (non-hydrogen) atoms. The first kappa shape index (κ1) is 20.7. The molecule has 1 unspecified atom stereocenters. The fourth-order valence-electron chi connectivity index (χ4n) is 4.09. The lowest BCUT2D eigenvalue weighted by Gasteiger charge is -2.28. The van der Waals surface area contributed by atoms with E-state index in [0.717, 1.165) is 30.9 Å². The Balaban J connectivity index is 1.43. The molecule has 5 rings (SSSR count). The van der Waals surface area contributed by atoms with Crippen LogP contribution < -0.4 is 4.74 Å². The summed E-state index contributed by atoms with van der Waals surface area (Å²) in [4.78, 5) is 11.7. The lowest BCUT2D eigenvalue weighted by molar-refractivity contribution is -0.160. The summed E-state index contributed by atoms with van der Waals surface area (Å²) in [6, 6.07) is 5.33. The van der Waals surface area contributed by atoms with Gasteiger partial charge in [-0.3, -0.25) is 0 Å². The largest absolute Gasteiger partial charge is 0.486 e. The molecule has 0 aliphatic heterocycles. The Hall–Kier alpha value is -3.16. The van der Waals surface area contributed by atoms with Gasteiger partial charge in [-0.2, -0.15) is 13.2 Å². The number of allylic oxidation sites excluding steroid dienone is 2. The lowest BCUT2D eigenvalue weighted by Crippen LogP contribution is -2.22. The van der Waals surface area contributed by atoms with Gasteiger partial charge >= 0.3 is 6.18 Å². The molecule has 3 aromatic rings. The minimum atomic E-state index is -4.27. The van der Waals surface area contributed by atoms with Gasteiger partial charge in [-0.1, -0.05) is 30.7 Å². The van der Waals surface area contributed by atoms with E-state index in [-0.39, 0.29) is 30.3 Å². The number of hydrogen-bond acceptors (Lipinski definition) is 3. The van der Waals surface area contributed by atoms with E-state index in [0.29, 0.717) is 22.4 Å². The number of hydrogen-bond donors (Lipinski definition) is 1. The van der Waals surface area contributed by atoms with Crippen LogP contribution in [-0.4, -0.2) is 27.7 Å². The number of H-pyrrole nitrogens is 1. The van der Waals surface area contributed by atoms with Crippen LogP contribution >= 0.6 is 0 Å². The molecular weight excluding hydrogens is 422 g/mol. The van der Waals surface area contributed by atoms with Crippen LogP contribution in [-0.2, 0) is 0 Å². The van der Waals surface area contributed by atoms with E-state index in [1.165, 1.54) is 18.3 Å². The van der Waals surface area contributed by atoms with E-state index in [1.807, 2.05) is 6.07 Å². The van der Waals surface area contributed by atoms with Crippen molar-refractivity contribution in [3.05, 3.63) is 65.8 Å². The highest BCUT2D eigenvalue weighted by atomic mass is 19.4. The molecule has 8 heteroatoms. The zero-order valence-electron chi connectivity index (χ0n) is 17.1. The Morgan fingerprint density at radius 2 is 2.00 bits per heavy atom. The normalized spacial score (nSPS) is 19.1. The van der Waals surface area contributed by atoms with E-state index in [4.69, 9.17) is 4.74 Å². The molecule has 2 aliphatic rings. The monoisotopic (exact) mass is 443 g/mol. The summed E-state index contributed by atoms with van der Waals surface area (Å²) in [6.45, 7) is 0.00367. The SMILES string of the molecule is Fc1c(-c2cnc3[nH]ccc3n2)ccc(C2CCC2)c1OCC1=CCC(C(F)(F)F)C=C1. The number of halogens is 4. The summed E-state index contributed by atoms with van der Waals surface area (Å²) in [5.74, 6) is -1.64. The molecule has 1 aromatic carbocycles. The van der Waals surface area contributed by atoms with Crippen LogP contribution in [0, 0.1) is 11.7 Å². The number of benzene rings is 1. The zero-order chi connectivity index (χ0) is 22.3. The fraction of sp³-hybridized carbons (Fsp3) is 0.333. The lowest BCUT2D eigenvalue weighted by atomic mass is 9.79.